The Bertz CT molecular complexity index is 375. The largest absolute Gasteiger partial charge is 0.389 e. The van der Waals surface area contributed by atoms with E-state index >= 15 is 0 Å². The van der Waals surface area contributed by atoms with Gasteiger partial charge in [0.15, 0.2) is 0 Å². The van der Waals surface area contributed by atoms with Crippen molar-refractivity contribution in [2.75, 3.05) is 5.75 Å². The van der Waals surface area contributed by atoms with Crippen LogP contribution in [-0.2, 0) is 4.79 Å². The molecule has 0 aliphatic heterocycles. The van der Waals surface area contributed by atoms with E-state index in [2.05, 4.69) is 15.9 Å². The number of ketones is 1. The molecule has 0 saturated heterocycles. The Hall–Kier alpha value is -0.490. The molecule has 94 valence electrons. The average molecular weight is 327 g/mol. The van der Waals surface area contributed by atoms with Gasteiger partial charge in [-0.3, -0.25) is 4.79 Å². The highest BCUT2D eigenvalue weighted by atomic mass is 79.9. The van der Waals surface area contributed by atoms with Crippen LogP contribution in [0, 0.1) is 0 Å². The maximum Gasteiger partial charge on any atom is 0.389 e. The molecule has 1 nitrogen and oxygen atoms in total. The molecule has 0 atom stereocenters. The third-order valence-corrected chi connectivity index (χ3v) is 3.50. The molecule has 0 unspecified atom stereocenters. The smallest absolute Gasteiger partial charge is 0.299 e. The normalized spacial score (nSPS) is 11.5. The topological polar surface area (TPSA) is 17.1 Å². The SMILES string of the molecule is O=C(CCC(F)(F)F)CSc1ccc(Br)cc1. The van der Waals surface area contributed by atoms with Crippen molar-refractivity contribution >= 4 is 33.5 Å². The molecule has 0 heterocycles. The third kappa shape index (κ3) is 6.73. The molecule has 0 radical (unpaired) electrons. The fraction of sp³-hybridized carbons (Fsp3) is 0.364. The number of halogens is 4. The molecule has 0 aromatic heterocycles. The van der Waals surface area contributed by atoms with Crippen LogP contribution >= 0.6 is 27.7 Å². The summed E-state index contributed by atoms with van der Waals surface area (Å²) in [7, 11) is 0. The van der Waals surface area contributed by atoms with Gasteiger partial charge in [0.25, 0.3) is 0 Å². The van der Waals surface area contributed by atoms with Crippen LogP contribution in [0.4, 0.5) is 13.2 Å². The van der Waals surface area contributed by atoms with E-state index in [1.165, 1.54) is 11.8 Å². The Morgan fingerprint density at radius 3 is 2.35 bits per heavy atom. The van der Waals surface area contributed by atoms with Crippen LogP contribution in [0.3, 0.4) is 0 Å². The summed E-state index contributed by atoms with van der Waals surface area (Å²) in [5.41, 5.74) is 0. The Labute approximate surface area is 110 Å². The molecule has 0 fully saturated rings. The van der Waals surface area contributed by atoms with Crippen LogP contribution in [0.2, 0.25) is 0 Å². The van der Waals surface area contributed by atoms with E-state index in [9.17, 15) is 18.0 Å². The van der Waals surface area contributed by atoms with E-state index in [0.717, 1.165) is 9.37 Å². The standard InChI is InChI=1S/C11H10BrF3OS/c12-8-1-3-10(4-2-8)17-7-9(16)5-6-11(13,14)15/h1-4H,5-7H2. The zero-order chi connectivity index (χ0) is 12.9. The number of benzene rings is 1. The first-order valence-electron chi connectivity index (χ1n) is 4.83. The fourth-order valence-corrected chi connectivity index (χ4v) is 2.11. The van der Waals surface area contributed by atoms with Crippen LogP contribution in [0.5, 0.6) is 0 Å². The summed E-state index contributed by atoms with van der Waals surface area (Å²) >= 11 is 4.52. The predicted molar refractivity (Wildman–Crippen MR) is 65.2 cm³/mol. The predicted octanol–water partition coefficient (Wildman–Crippen LogP) is 4.45. The maximum atomic E-state index is 11.9. The first-order valence-corrected chi connectivity index (χ1v) is 6.61. The number of thioether (sulfide) groups is 1. The summed E-state index contributed by atoms with van der Waals surface area (Å²) < 4.78 is 36.5. The minimum absolute atomic E-state index is 0.0811. The molecule has 0 aliphatic rings. The van der Waals surface area contributed by atoms with Gasteiger partial charge in [0, 0.05) is 15.8 Å². The molecular weight excluding hydrogens is 317 g/mol. The highest BCUT2D eigenvalue weighted by molar-refractivity contribution is 9.10. The van der Waals surface area contributed by atoms with Gasteiger partial charge >= 0.3 is 6.18 Å². The number of carbonyl (C=O) groups excluding carboxylic acids is 1. The van der Waals surface area contributed by atoms with Crippen molar-refractivity contribution in [1.82, 2.24) is 0 Å². The Morgan fingerprint density at radius 1 is 1.24 bits per heavy atom. The first-order chi connectivity index (χ1) is 7.87. The second-order valence-electron chi connectivity index (χ2n) is 3.40. The number of rotatable bonds is 5. The lowest BCUT2D eigenvalue weighted by Crippen LogP contribution is -2.11. The van der Waals surface area contributed by atoms with Gasteiger partial charge in [0.1, 0.15) is 5.78 Å². The van der Waals surface area contributed by atoms with Crippen molar-refractivity contribution in [3.63, 3.8) is 0 Å². The van der Waals surface area contributed by atoms with E-state index < -0.39 is 19.0 Å². The zero-order valence-electron chi connectivity index (χ0n) is 8.76. The van der Waals surface area contributed by atoms with Crippen molar-refractivity contribution in [3.05, 3.63) is 28.7 Å². The molecule has 0 N–H and O–H groups in total. The third-order valence-electron chi connectivity index (χ3n) is 1.90. The van der Waals surface area contributed by atoms with Crippen molar-refractivity contribution in [2.45, 2.75) is 23.9 Å². The molecule has 0 amide bonds. The van der Waals surface area contributed by atoms with E-state index in [1.807, 2.05) is 24.3 Å². The second-order valence-corrected chi connectivity index (χ2v) is 5.36. The Kier molecular flexibility index (Phi) is 5.52. The molecular formula is C11H10BrF3OS. The van der Waals surface area contributed by atoms with Gasteiger partial charge in [-0.15, -0.1) is 11.8 Å². The van der Waals surface area contributed by atoms with Crippen molar-refractivity contribution in [1.29, 1.82) is 0 Å². The van der Waals surface area contributed by atoms with Gasteiger partial charge in [-0.05, 0) is 24.3 Å². The summed E-state index contributed by atoms with van der Waals surface area (Å²) in [6.07, 6.45) is -5.72. The van der Waals surface area contributed by atoms with Crippen LogP contribution in [-0.4, -0.2) is 17.7 Å². The molecule has 17 heavy (non-hydrogen) atoms. The lowest BCUT2D eigenvalue weighted by Gasteiger charge is -2.05. The second kappa shape index (κ2) is 6.44. The van der Waals surface area contributed by atoms with Gasteiger partial charge in [-0.2, -0.15) is 13.2 Å². The summed E-state index contributed by atoms with van der Waals surface area (Å²) in [5, 5.41) is 0. The van der Waals surface area contributed by atoms with Gasteiger partial charge in [-0.25, -0.2) is 0 Å². The molecule has 0 spiro atoms. The highest BCUT2D eigenvalue weighted by Crippen LogP contribution is 2.24. The average Bonchev–Trinajstić information content (AvgIpc) is 2.25. The number of alkyl halides is 3. The van der Waals surface area contributed by atoms with Crippen molar-refractivity contribution in [3.8, 4) is 0 Å². The molecule has 1 rings (SSSR count). The molecule has 1 aromatic rings. The van der Waals surface area contributed by atoms with Gasteiger partial charge < -0.3 is 0 Å². The molecule has 0 saturated carbocycles. The lowest BCUT2D eigenvalue weighted by atomic mass is 10.2. The number of carbonyl (C=O) groups is 1. The first kappa shape index (κ1) is 14.6. The van der Waals surface area contributed by atoms with Gasteiger partial charge in [0.05, 0.1) is 12.2 Å². The maximum absolute atomic E-state index is 11.9. The minimum Gasteiger partial charge on any atom is -0.299 e. The molecule has 0 bridgehead atoms. The monoisotopic (exact) mass is 326 g/mol. The van der Waals surface area contributed by atoms with E-state index in [1.54, 1.807) is 0 Å². The van der Waals surface area contributed by atoms with Crippen LogP contribution in [0.15, 0.2) is 33.6 Å². The van der Waals surface area contributed by atoms with Gasteiger partial charge in [-0.1, -0.05) is 15.9 Å². The number of Topliss-reactive ketones (excluding diaryl/α,β-unsaturated/α-hetero) is 1. The Balaban J connectivity index is 2.31. The fourth-order valence-electron chi connectivity index (χ4n) is 1.05. The van der Waals surface area contributed by atoms with Gasteiger partial charge in [0.2, 0.25) is 0 Å². The van der Waals surface area contributed by atoms with Crippen LogP contribution in [0.1, 0.15) is 12.8 Å². The van der Waals surface area contributed by atoms with Crippen LogP contribution in [0.25, 0.3) is 0 Å². The Morgan fingerprint density at radius 2 is 1.82 bits per heavy atom. The molecule has 6 heteroatoms. The molecule has 1 aromatic carbocycles. The summed E-state index contributed by atoms with van der Waals surface area (Å²) in [5.74, 6) is -0.298. The minimum atomic E-state index is -4.25. The number of hydrogen-bond donors (Lipinski definition) is 0. The quantitative estimate of drug-likeness (QED) is 0.743. The summed E-state index contributed by atoms with van der Waals surface area (Å²) in [6.45, 7) is 0. The van der Waals surface area contributed by atoms with E-state index in [-0.39, 0.29) is 11.5 Å². The van der Waals surface area contributed by atoms with Crippen molar-refractivity contribution in [2.24, 2.45) is 0 Å². The lowest BCUT2D eigenvalue weighted by molar-refractivity contribution is -0.142. The van der Waals surface area contributed by atoms with E-state index in [0.29, 0.717) is 0 Å². The van der Waals surface area contributed by atoms with E-state index in [4.69, 9.17) is 0 Å². The molecule has 0 aliphatic carbocycles. The number of hydrogen-bond acceptors (Lipinski definition) is 2. The van der Waals surface area contributed by atoms with Crippen LogP contribution < -0.4 is 0 Å². The zero-order valence-corrected chi connectivity index (χ0v) is 11.2. The highest BCUT2D eigenvalue weighted by Gasteiger charge is 2.27. The van der Waals surface area contributed by atoms with Crippen molar-refractivity contribution < 1.29 is 18.0 Å². The summed E-state index contributed by atoms with van der Waals surface area (Å²) in [4.78, 5) is 12.1. The summed E-state index contributed by atoms with van der Waals surface area (Å²) in [6, 6.07) is 7.27.